The molecule has 2 bridgehead atoms. The van der Waals surface area contributed by atoms with Crippen molar-refractivity contribution in [2.75, 3.05) is 45.9 Å². The molecule has 7 rings (SSSR count). The summed E-state index contributed by atoms with van der Waals surface area (Å²) in [7, 11) is 0. The highest BCUT2D eigenvalue weighted by Crippen LogP contribution is 2.33. The zero-order valence-corrected chi connectivity index (χ0v) is 30.9. The molecular weight excluding hydrogens is 693 g/mol. The van der Waals surface area contributed by atoms with Gasteiger partial charge >= 0.3 is 0 Å². The number of halogens is 2. The molecule has 4 atom stereocenters. The molecule has 12 heteroatoms. The van der Waals surface area contributed by atoms with Crippen molar-refractivity contribution in [1.29, 1.82) is 5.26 Å². The molecule has 4 aliphatic heterocycles. The number of carbonyl (C=O) groups excluding carboxylic acids is 3. The van der Waals surface area contributed by atoms with Crippen molar-refractivity contribution in [3.63, 3.8) is 0 Å². The number of nitrogens with zero attached hydrogens (tertiary/aromatic N) is 5. The van der Waals surface area contributed by atoms with Crippen LogP contribution in [0, 0.1) is 25.2 Å². The van der Waals surface area contributed by atoms with E-state index in [2.05, 4.69) is 4.90 Å². The Bertz CT molecular complexity index is 1730. The van der Waals surface area contributed by atoms with Gasteiger partial charge < -0.3 is 19.4 Å². The Balaban J connectivity index is 1.13. The third kappa shape index (κ3) is 8.35. The van der Waals surface area contributed by atoms with E-state index in [1.54, 1.807) is 23.5 Å². The summed E-state index contributed by atoms with van der Waals surface area (Å²) >= 11 is 14.3. The van der Waals surface area contributed by atoms with Crippen molar-refractivity contribution in [2.24, 2.45) is 0 Å². The molecule has 0 saturated carbocycles. The standard InChI is InChI=1S/C38H43Cl2N5O4S/c1-25-16-26(2)18-29(17-25)37(47)43-12-13-44(34(23-43)28-6-7-32(39)33(40)20-28)36(46)8-11-42-21-31-5-3-4-30(42)22-45(31)38(48)35(49-14-10-41)19-27-9-15-50-24-27/h6-7,9,15-18,20,24,30-31,34-35H,3-5,8,11-14,19,21-23H2,1-2H3. The van der Waals surface area contributed by atoms with Crippen molar-refractivity contribution >= 4 is 52.3 Å². The van der Waals surface area contributed by atoms with Crippen molar-refractivity contribution < 1.29 is 19.1 Å². The Morgan fingerprint density at radius 3 is 2.46 bits per heavy atom. The molecule has 5 heterocycles. The second-order valence-electron chi connectivity index (χ2n) is 13.7. The molecule has 2 aromatic carbocycles. The molecule has 9 nitrogen and oxygen atoms in total. The molecule has 0 spiro atoms. The molecule has 4 saturated heterocycles. The number of hydrogen-bond acceptors (Lipinski definition) is 7. The molecule has 3 aromatic rings. The Kier molecular flexibility index (Phi) is 11.8. The van der Waals surface area contributed by atoms with Crippen LogP contribution in [0.15, 0.2) is 53.2 Å². The van der Waals surface area contributed by atoms with Gasteiger partial charge in [0.25, 0.3) is 11.8 Å². The predicted octanol–water partition coefficient (Wildman–Crippen LogP) is 6.30. The monoisotopic (exact) mass is 735 g/mol. The van der Waals surface area contributed by atoms with Crippen molar-refractivity contribution in [3.05, 3.63) is 91.1 Å². The van der Waals surface area contributed by atoms with Crippen LogP contribution in [-0.2, 0) is 20.7 Å². The Morgan fingerprint density at radius 2 is 1.74 bits per heavy atom. The Morgan fingerprint density at radius 1 is 0.960 bits per heavy atom. The molecular formula is C38H43Cl2N5O4S. The lowest BCUT2D eigenvalue weighted by molar-refractivity contribution is -0.149. The number of ether oxygens (including phenoxy) is 1. The normalized spacial score (nSPS) is 21.5. The molecule has 1 aromatic heterocycles. The topological polar surface area (TPSA) is 97.2 Å². The first-order valence-electron chi connectivity index (χ1n) is 17.3. The molecule has 0 aliphatic carbocycles. The van der Waals surface area contributed by atoms with E-state index in [4.69, 9.17) is 33.2 Å². The molecule has 4 aliphatic rings. The van der Waals surface area contributed by atoms with Gasteiger partial charge in [0.05, 0.1) is 22.2 Å². The van der Waals surface area contributed by atoms with Crippen LogP contribution >= 0.6 is 34.5 Å². The maximum atomic E-state index is 14.0. The third-order valence-electron chi connectivity index (χ3n) is 10.2. The maximum absolute atomic E-state index is 14.0. The number of rotatable bonds is 10. The van der Waals surface area contributed by atoms with Gasteiger partial charge in [0, 0.05) is 69.8 Å². The fourth-order valence-corrected chi connectivity index (χ4v) is 8.75. The highest BCUT2D eigenvalue weighted by molar-refractivity contribution is 7.07. The second kappa shape index (κ2) is 16.3. The van der Waals surface area contributed by atoms with Crippen LogP contribution in [0.5, 0.6) is 0 Å². The average molecular weight is 737 g/mol. The van der Waals surface area contributed by atoms with Gasteiger partial charge in [-0.15, -0.1) is 0 Å². The number of benzene rings is 2. The van der Waals surface area contributed by atoms with Gasteiger partial charge in [-0.05, 0) is 85.3 Å². The SMILES string of the molecule is Cc1cc(C)cc(C(=O)N2CCN(C(=O)CCN3CC4CCCC3CN4C(=O)C(Cc3ccsc3)OCC#N)C(c3ccc(Cl)c(Cl)c3)C2)c1. The molecule has 3 amide bonds. The highest BCUT2D eigenvalue weighted by Gasteiger charge is 2.41. The number of carbonyl (C=O) groups is 3. The third-order valence-corrected chi connectivity index (χ3v) is 11.7. The fourth-order valence-electron chi connectivity index (χ4n) is 7.76. The van der Waals surface area contributed by atoms with Crippen LogP contribution in [0.1, 0.15) is 64.3 Å². The van der Waals surface area contributed by atoms with E-state index in [0.29, 0.717) is 67.7 Å². The number of aryl methyl sites for hydroxylation is 2. The average Bonchev–Trinajstić information content (AvgIpc) is 3.44. The first-order chi connectivity index (χ1) is 24.1. The lowest BCUT2D eigenvalue weighted by Gasteiger charge is -2.45. The molecule has 264 valence electrons. The van der Waals surface area contributed by atoms with E-state index in [1.165, 1.54) is 0 Å². The smallest absolute Gasteiger partial charge is 0.254 e. The summed E-state index contributed by atoms with van der Waals surface area (Å²) < 4.78 is 5.77. The van der Waals surface area contributed by atoms with E-state index in [0.717, 1.165) is 41.5 Å². The Labute approximate surface area is 308 Å². The number of hydrogen-bond donors (Lipinski definition) is 0. The zero-order valence-electron chi connectivity index (χ0n) is 28.5. The zero-order chi connectivity index (χ0) is 35.4. The van der Waals surface area contributed by atoms with Crippen LogP contribution in [-0.4, -0.2) is 101 Å². The van der Waals surface area contributed by atoms with E-state index in [1.807, 2.05) is 75.7 Å². The largest absolute Gasteiger partial charge is 0.353 e. The van der Waals surface area contributed by atoms with Crippen LogP contribution < -0.4 is 0 Å². The van der Waals surface area contributed by atoms with E-state index in [-0.39, 0.29) is 42.5 Å². The summed E-state index contributed by atoms with van der Waals surface area (Å²) in [5.74, 6) is -0.0885. The van der Waals surface area contributed by atoms with Gasteiger partial charge in [-0.1, -0.05) is 46.5 Å². The lowest BCUT2D eigenvalue weighted by atomic mass is 10.00. The molecule has 0 N–H and O–H groups in total. The van der Waals surface area contributed by atoms with Crippen molar-refractivity contribution in [3.8, 4) is 6.07 Å². The lowest BCUT2D eigenvalue weighted by Crippen LogP contribution is -2.60. The minimum Gasteiger partial charge on any atom is -0.353 e. The van der Waals surface area contributed by atoms with Crippen LogP contribution in [0.3, 0.4) is 0 Å². The van der Waals surface area contributed by atoms with Gasteiger partial charge in [0.1, 0.15) is 12.7 Å². The van der Waals surface area contributed by atoms with E-state index >= 15 is 0 Å². The molecule has 4 unspecified atom stereocenters. The molecule has 0 radical (unpaired) electrons. The van der Waals surface area contributed by atoms with E-state index < -0.39 is 6.10 Å². The van der Waals surface area contributed by atoms with Crippen molar-refractivity contribution in [2.45, 2.75) is 70.2 Å². The van der Waals surface area contributed by atoms with Gasteiger partial charge in [0.15, 0.2) is 0 Å². The van der Waals surface area contributed by atoms with Crippen LogP contribution in [0.2, 0.25) is 10.0 Å². The minimum atomic E-state index is -0.697. The summed E-state index contributed by atoms with van der Waals surface area (Å²) in [5.41, 5.74) is 4.57. The number of thiophene rings is 1. The van der Waals surface area contributed by atoms with Gasteiger partial charge in [-0.2, -0.15) is 16.6 Å². The molecule has 4 fully saturated rings. The summed E-state index contributed by atoms with van der Waals surface area (Å²) in [5, 5.41) is 14.0. The Hall–Kier alpha value is -3.46. The number of amides is 3. The summed E-state index contributed by atoms with van der Waals surface area (Å²) in [6.07, 6.45) is 2.93. The summed E-state index contributed by atoms with van der Waals surface area (Å²) in [6.45, 7) is 6.89. The quantitative estimate of drug-likeness (QED) is 0.243. The van der Waals surface area contributed by atoms with Gasteiger partial charge in [-0.3, -0.25) is 19.3 Å². The first kappa shape index (κ1) is 36.3. The predicted molar refractivity (Wildman–Crippen MR) is 195 cm³/mol. The number of nitriles is 1. The fraction of sp³-hybridized carbons (Fsp3) is 0.474. The van der Waals surface area contributed by atoms with Gasteiger partial charge in [-0.25, -0.2) is 0 Å². The highest BCUT2D eigenvalue weighted by atomic mass is 35.5. The number of fused-ring (bicyclic) bond motifs is 4. The van der Waals surface area contributed by atoms with E-state index in [9.17, 15) is 14.4 Å². The minimum absolute atomic E-state index is 0.0216. The summed E-state index contributed by atoms with van der Waals surface area (Å²) in [4.78, 5) is 49.6. The van der Waals surface area contributed by atoms with Crippen LogP contribution in [0.4, 0.5) is 0 Å². The van der Waals surface area contributed by atoms with Crippen LogP contribution in [0.25, 0.3) is 0 Å². The molecule has 50 heavy (non-hydrogen) atoms. The first-order valence-corrected chi connectivity index (χ1v) is 19.0. The maximum Gasteiger partial charge on any atom is 0.254 e. The summed E-state index contributed by atoms with van der Waals surface area (Å²) in [6, 6.07) is 15.1. The van der Waals surface area contributed by atoms with Crippen molar-refractivity contribution in [1.82, 2.24) is 19.6 Å². The number of piperazine rings is 2. The second-order valence-corrected chi connectivity index (χ2v) is 15.3. The van der Waals surface area contributed by atoms with Gasteiger partial charge in [0.2, 0.25) is 5.91 Å².